The fraction of sp³-hybridized carbons (Fsp3) is 0.333. The van der Waals surface area contributed by atoms with Gasteiger partial charge in [-0.25, -0.2) is 0 Å². The maximum absolute atomic E-state index is 9.16. The molecular formula is C12H15N3O2. The van der Waals surface area contributed by atoms with Gasteiger partial charge in [-0.1, -0.05) is 17.3 Å². The van der Waals surface area contributed by atoms with E-state index in [2.05, 4.69) is 10.1 Å². The number of rotatable bonds is 4. The van der Waals surface area contributed by atoms with E-state index < -0.39 is 0 Å². The predicted octanol–water partition coefficient (Wildman–Crippen LogP) is 1.26. The largest absolute Gasteiger partial charge is 0.508 e. The lowest BCUT2D eigenvalue weighted by molar-refractivity contribution is 0.367. The lowest BCUT2D eigenvalue weighted by Crippen LogP contribution is -2.17. The van der Waals surface area contributed by atoms with E-state index in [0.29, 0.717) is 24.6 Å². The molecule has 2 rings (SSSR count). The monoisotopic (exact) mass is 233 g/mol. The molecule has 1 aromatic carbocycles. The first-order chi connectivity index (χ1) is 8.13. The Hall–Kier alpha value is -1.88. The molecule has 2 aromatic rings. The molecule has 0 saturated carbocycles. The molecule has 3 N–H and O–H groups in total. The average molecular weight is 233 g/mol. The standard InChI is InChI=1S/C12H15N3O2/c1-8(13)6-12-14-11(15-17-12)7-9-2-4-10(16)5-3-9/h2-5,8,16H,6-7,13H2,1H3. The number of phenolic OH excluding ortho intramolecular Hbond substituents is 1. The van der Waals surface area contributed by atoms with E-state index in [1.54, 1.807) is 12.1 Å². The van der Waals surface area contributed by atoms with Gasteiger partial charge in [-0.2, -0.15) is 4.98 Å². The zero-order chi connectivity index (χ0) is 12.3. The van der Waals surface area contributed by atoms with Gasteiger partial charge >= 0.3 is 0 Å². The van der Waals surface area contributed by atoms with Crippen molar-refractivity contribution in [3.05, 3.63) is 41.5 Å². The van der Waals surface area contributed by atoms with Crippen LogP contribution in [-0.2, 0) is 12.8 Å². The molecule has 0 amide bonds. The second kappa shape index (κ2) is 4.97. The Bertz CT molecular complexity index is 477. The molecule has 5 nitrogen and oxygen atoms in total. The molecule has 0 spiro atoms. The molecular weight excluding hydrogens is 218 g/mol. The molecule has 90 valence electrons. The van der Waals surface area contributed by atoms with Crippen LogP contribution in [0.25, 0.3) is 0 Å². The Kier molecular flexibility index (Phi) is 3.39. The molecule has 0 fully saturated rings. The number of hydrogen-bond acceptors (Lipinski definition) is 5. The third-order valence-electron chi connectivity index (χ3n) is 2.31. The average Bonchev–Trinajstić information content (AvgIpc) is 2.68. The highest BCUT2D eigenvalue weighted by molar-refractivity contribution is 5.27. The molecule has 1 heterocycles. The van der Waals surface area contributed by atoms with E-state index in [1.165, 1.54) is 0 Å². The summed E-state index contributed by atoms with van der Waals surface area (Å²) in [7, 11) is 0. The van der Waals surface area contributed by atoms with E-state index in [1.807, 2.05) is 19.1 Å². The van der Waals surface area contributed by atoms with Crippen molar-refractivity contribution in [1.29, 1.82) is 0 Å². The molecule has 0 aliphatic heterocycles. The maximum atomic E-state index is 9.16. The van der Waals surface area contributed by atoms with Crippen molar-refractivity contribution in [2.24, 2.45) is 5.73 Å². The molecule has 5 heteroatoms. The van der Waals surface area contributed by atoms with Gasteiger partial charge in [0, 0.05) is 18.9 Å². The predicted molar refractivity (Wildman–Crippen MR) is 62.6 cm³/mol. The first-order valence-electron chi connectivity index (χ1n) is 5.48. The van der Waals surface area contributed by atoms with Crippen molar-refractivity contribution in [2.45, 2.75) is 25.8 Å². The first-order valence-corrected chi connectivity index (χ1v) is 5.48. The van der Waals surface area contributed by atoms with Crippen molar-refractivity contribution < 1.29 is 9.63 Å². The summed E-state index contributed by atoms with van der Waals surface area (Å²) in [4.78, 5) is 4.25. The Morgan fingerprint density at radius 2 is 2.06 bits per heavy atom. The normalized spacial score (nSPS) is 12.6. The highest BCUT2D eigenvalue weighted by atomic mass is 16.5. The fourth-order valence-corrected chi connectivity index (χ4v) is 1.52. The van der Waals surface area contributed by atoms with Gasteiger partial charge in [-0.05, 0) is 24.6 Å². The summed E-state index contributed by atoms with van der Waals surface area (Å²) < 4.78 is 5.08. The SMILES string of the molecule is CC(N)Cc1nc(Cc2ccc(O)cc2)no1. The number of hydrogen-bond donors (Lipinski definition) is 2. The topological polar surface area (TPSA) is 85.2 Å². The quantitative estimate of drug-likeness (QED) is 0.830. The van der Waals surface area contributed by atoms with Gasteiger partial charge in [0.2, 0.25) is 5.89 Å². The van der Waals surface area contributed by atoms with Crippen molar-refractivity contribution >= 4 is 0 Å². The van der Waals surface area contributed by atoms with Gasteiger partial charge in [0.25, 0.3) is 0 Å². The van der Waals surface area contributed by atoms with Gasteiger partial charge in [0.1, 0.15) is 5.75 Å². The van der Waals surface area contributed by atoms with Crippen molar-refractivity contribution in [1.82, 2.24) is 10.1 Å². The molecule has 1 unspecified atom stereocenters. The van der Waals surface area contributed by atoms with Crippen molar-refractivity contribution in [2.75, 3.05) is 0 Å². The molecule has 0 aliphatic rings. The number of nitrogens with zero attached hydrogens (tertiary/aromatic N) is 2. The van der Waals surface area contributed by atoms with Crippen LogP contribution in [0.15, 0.2) is 28.8 Å². The Balaban J connectivity index is 2.03. The van der Waals surface area contributed by atoms with Crippen LogP contribution in [0.2, 0.25) is 0 Å². The zero-order valence-corrected chi connectivity index (χ0v) is 9.63. The lowest BCUT2D eigenvalue weighted by atomic mass is 10.1. The summed E-state index contributed by atoms with van der Waals surface area (Å²) in [6.07, 6.45) is 1.17. The number of phenols is 1. The highest BCUT2D eigenvalue weighted by Crippen LogP contribution is 2.12. The summed E-state index contributed by atoms with van der Waals surface area (Å²) in [6.45, 7) is 1.89. The number of nitrogens with two attached hydrogens (primary N) is 1. The zero-order valence-electron chi connectivity index (χ0n) is 9.63. The first kappa shape index (κ1) is 11.6. The third kappa shape index (κ3) is 3.29. The Morgan fingerprint density at radius 1 is 1.35 bits per heavy atom. The Morgan fingerprint density at radius 3 is 2.71 bits per heavy atom. The molecule has 0 saturated heterocycles. The summed E-state index contributed by atoms with van der Waals surface area (Å²) in [5.41, 5.74) is 6.67. The van der Waals surface area contributed by atoms with Gasteiger partial charge in [0.15, 0.2) is 5.82 Å². The lowest BCUT2D eigenvalue weighted by Gasteiger charge is -1.97. The van der Waals surface area contributed by atoms with E-state index in [-0.39, 0.29) is 11.8 Å². The Labute approximate surface area is 99.3 Å². The van der Waals surface area contributed by atoms with Crippen LogP contribution in [0, 0.1) is 0 Å². The minimum Gasteiger partial charge on any atom is -0.508 e. The van der Waals surface area contributed by atoms with Crippen LogP contribution in [0.3, 0.4) is 0 Å². The molecule has 17 heavy (non-hydrogen) atoms. The number of aromatic nitrogens is 2. The van der Waals surface area contributed by atoms with E-state index in [0.717, 1.165) is 5.56 Å². The molecule has 1 aromatic heterocycles. The smallest absolute Gasteiger partial charge is 0.228 e. The molecule has 0 radical (unpaired) electrons. The fourth-order valence-electron chi connectivity index (χ4n) is 1.52. The van der Waals surface area contributed by atoms with Crippen LogP contribution < -0.4 is 5.73 Å². The summed E-state index contributed by atoms with van der Waals surface area (Å²) in [5, 5.41) is 13.0. The van der Waals surface area contributed by atoms with Crippen LogP contribution in [0.5, 0.6) is 5.75 Å². The van der Waals surface area contributed by atoms with Crippen molar-refractivity contribution in [3.63, 3.8) is 0 Å². The molecule has 0 aliphatic carbocycles. The second-order valence-electron chi connectivity index (χ2n) is 4.13. The van der Waals surface area contributed by atoms with Crippen LogP contribution in [0.4, 0.5) is 0 Å². The van der Waals surface area contributed by atoms with E-state index in [9.17, 15) is 0 Å². The minimum atomic E-state index is 0.0111. The summed E-state index contributed by atoms with van der Waals surface area (Å²) in [5.74, 6) is 1.44. The molecule has 1 atom stereocenters. The third-order valence-corrected chi connectivity index (χ3v) is 2.31. The summed E-state index contributed by atoms with van der Waals surface area (Å²) in [6, 6.07) is 6.95. The van der Waals surface area contributed by atoms with Gasteiger partial charge < -0.3 is 15.4 Å². The van der Waals surface area contributed by atoms with Crippen LogP contribution >= 0.6 is 0 Å². The van der Waals surface area contributed by atoms with E-state index in [4.69, 9.17) is 15.4 Å². The van der Waals surface area contributed by atoms with Crippen LogP contribution in [0.1, 0.15) is 24.2 Å². The van der Waals surface area contributed by atoms with Gasteiger partial charge in [-0.15, -0.1) is 0 Å². The van der Waals surface area contributed by atoms with Gasteiger partial charge in [0.05, 0.1) is 0 Å². The highest BCUT2D eigenvalue weighted by Gasteiger charge is 2.08. The van der Waals surface area contributed by atoms with Crippen molar-refractivity contribution in [3.8, 4) is 5.75 Å². The van der Waals surface area contributed by atoms with Gasteiger partial charge in [-0.3, -0.25) is 0 Å². The van der Waals surface area contributed by atoms with E-state index >= 15 is 0 Å². The number of aromatic hydroxyl groups is 1. The van der Waals surface area contributed by atoms with Crippen LogP contribution in [-0.4, -0.2) is 21.3 Å². The maximum Gasteiger partial charge on any atom is 0.228 e. The summed E-state index contributed by atoms with van der Waals surface area (Å²) >= 11 is 0. The number of benzene rings is 1. The minimum absolute atomic E-state index is 0.0111. The molecule has 0 bridgehead atoms. The second-order valence-corrected chi connectivity index (χ2v) is 4.13.